The van der Waals surface area contributed by atoms with Crippen molar-refractivity contribution in [3.63, 3.8) is 0 Å². The van der Waals surface area contributed by atoms with Gasteiger partial charge in [-0.25, -0.2) is 0 Å². The number of carbonyl (C=O) groups is 2. The van der Waals surface area contributed by atoms with Gasteiger partial charge in [-0.1, -0.05) is 12.8 Å². The highest BCUT2D eigenvalue weighted by Gasteiger charge is 2.37. The summed E-state index contributed by atoms with van der Waals surface area (Å²) < 4.78 is 77.9. The molecule has 2 saturated carbocycles. The second-order valence-electron chi connectivity index (χ2n) is 9.32. The molecule has 3 N–H and O–H groups in total. The number of amides is 1. The molecule has 0 spiro atoms. The van der Waals surface area contributed by atoms with Gasteiger partial charge in [-0.15, -0.1) is 0 Å². The monoisotopic (exact) mass is 478 g/mol. The zero-order valence-corrected chi connectivity index (χ0v) is 18.1. The van der Waals surface area contributed by atoms with Crippen molar-refractivity contribution in [1.29, 1.82) is 0 Å². The zero-order chi connectivity index (χ0) is 24.4. The van der Waals surface area contributed by atoms with Gasteiger partial charge >= 0.3 is 12.4 Å². The van der Waals surface area contributed by atoms with Gasteiger partial charge in [0, 0.05) is 30.5 Å². The van der Waals surface area contributed by atoms with E-state index in [4.69, 9.17) is 5.73 Å². The summed E-state index contributed by atoms with van der Waals surface area (Å²) >= 11 is 0. The molecule has 4 nitrogen and oxygen atoms in total. The Balaban J connectivity index is 1.56. The van der Waals surface area contributed by atoms with Gasteiger partial charge in [-0.3, -0.25) is 9.59 Å². The lowest BCUT2D eigenvalue weighted by Gasteiger charge is -2.28. The minimum Gasteiger partial charge on any atom is -0.327 e. The molecule has 0 radical (unpaired) electrons. The maximum Gasteiger partial charge on any atom is 0.416 e. The molecule has 10 heteroatoms. The minimum absolute atomic E-state index is 0.0203. The summed E-state index contributed by atoms with van der Waals surface area (Å²) in [5, 5.41) is 2.18. The van der Waals surface area contributed by atoms with Gasteiger partial charge in [0.05, 0.1) is 11.1 Å². The number of nitrogens with one attached hydrogen (secondary N) is 1. The Morgan fingerprint density at radius 3 is 1.94 bits per heavy atom. The largest absolute Gasteiger partial charge is 0.416 e. The Kier molecular flexibility index (Phi) is 7.76. The zero-order valence-electron chi connectivity index (χ0n) is 18.1. The second-order valence-corrected chi connectivity index (χ2v) is 9.32. The quantitative estimate of drug-likeness (QED) is 0.497. The van der Waals surface area contributed by atoms with Crippen molar-refractivity contribution in [2.75, 3.05) is 5.32 Å². The fraction of sp³-hybridized carbons (Fsp3) is 0.652. The first kappa shape index (κ1) is 25.5. The highest BCUT2D eigenvalue weighted by atomic mass is 19.4. The highest BCUT2D eigenvalue weighted by molar-refractivity contribution is 5.91. The number of hydrogen-bond donors (Lipinski definition) is 2. The van der Waals surface area contributed by atoms with E-state index in [2.05, 4.69) is 5.32 Å². The molecule has 0 saturated heterocycles. The van der Waals surface area contributed by atoms with Gasteiger partial charge in [-0.05, 0) is 62.1 Å². The maximum atomic E-state index is 13.0. The van der Waals surface area contributed by atoms with Gasteiger partial charge in [0.15, 0.2) is 0 Å². The van der Waals surface area contributed by atoms with Crippen LogP contribution in [0.2, 0.25) is 0 Å². The predicted molar refractivity (Wildman–Crippen MR) is 110 cm³/mol. The first-order valence-corrected chi connectivity index (χ1v) is 11.2. The van der Waals surface area contributed by atoms with Crippen LogP contribution in [0.5, 0.6) is 0 Å². The van der Waals surface area contributed by atoms with E-state index in [0.717, 1.165) is 32.1 Å². The third-order valence-electron chi connectivity index (χ3n) is 6.72. The van der Waals surface area contributed by atoms with Crippen LogP contribution >= 0.6 is 0 Å². The highest BCUT2D eigenvalue weighted by Crippen LogP contribution is 2.39. The molecule has 2 aliphatic carbocycles. The summed E-state index contributed by atoms with van der Waals surface area (Å²) in [6.07, 6.45) is -3.86. The van der Waals surface area contributed by atoms with Crippen molar-refractivity contribution >= 4 is 17.4 Å². The van der Waals surface area contributed by atoms with Crippen LogP contribution in [-0.4, -0.2) is 17.7 Å². The lowest BCUT2D eigenvalue weighted by atomic mass is 9.79. The number of nitrogens with two attached hydrogens (primary N) is 1. The average Bonchev–Trinajstić information content (AvgIpc) is 3.13. The topological polar surface area (TPSA) is 72.2 Å². The van der Waals surface area contributed by atoms with E-state index in [0.29, 0.717) is 31.4 Å². The van der Waals surface area contributed by atoms with Crippen LogP contribution in [0.3, 0.4) is 0 Å². The van der Waals surface area contributed by atoms with E-state index in [1.165, 1.54) is 0 Å². The second kappa shape index (κ2) is 10.0. The summed E-state index contributed by atoms with van der Waals surface area (Å²) in [6, 6.07) is 0.906. The predicted octanol–water partition coefficient (Wildman–Crippen LogP) is 5.95. The summed E-state index contributed by atoms with van der Waals surface area (Å²) in [5.41, 5.74) is 2.58. The smallest absolute Gasteiger partial charge is 0.327 e. The molecule has 3 rings (SSSR count). The lowest BCUT2D eigenvalue weighted by Crippen LogP contribution is -2.38. The number of halogens is 6. The number of carbonyl (C=O) groups excluding carboxylic acids is 2. The average molecular weight is 478 g/mol. The van der Waals surface area contributed by atoms with Crippen LogP contribution in [0.25, 0.3) is 0 Å². The van der Waals surface area contributed by atoms with Crippen molar-refractivity contribution in [2.45, 2.75) is 76.2 Å². The van der Waals surface area contributed by atoms with Crippen LogP contribution < -0.4 is 11.1 Å². The maximum absolute atomic E-state index is 13.0. The molecule has 4 atom stereocenters. The van der Waals surface area contributed by atoms with Crippen LogP contribution in [-0.2, 0) is 21.9 Å². The van der Waals surface area contributed by atoms with Crippen molar-refractivity contribution in [2.24, 2.45) is 23.5 Å². The van der Waals surface area contributed by atoms with Crippen LogP contribution in [0, 0.1) is 17.8 Å². The molecule has 0 aliphatic heterocycles. The van der Waals surface area contributed by atoms with Gasteiger partial charge in [-0.2, -0.15) is 26.3 Å². The summed E-state index contributed by atoms with van der Waals surface area (Å²) in [4.78, 5) is 25.0. The van der Waals surface area contributed by atoms with E-state index in [1.54, 1.807) is 0 Å². The fourth-order valence-electron chi connectivity index (χ4n) is 5.05. The molecule has 0 aromatic heterocycles. The molecule has 2 aliphatic rings. The van der Waals surface area contributed by atoms with E-state index in [9.17, 15) is 35.9 Å². The van der Waals surface area contributed by atoms with Gasteiger partial charge in [0.1, 0.15) is 5.78 Å². The number of anilines is 1. The van der Waals surface area contributed by atoms with Crippen LogP contribution in [0.15, 0.2) is 18.2 Å². The van der Waals surface area contributed by atoms with Crippen molar-refractivity contribution in [3.05, 3.63) is 29.3 Å². The van der Waals surface area contributed by atoms with E-state index >= 15 is 0 Å². The summed E-state index contributed by atoms with van der Waals surface area (Å²) in [6.45, 7) is 0. The first-order chi connectivity index (χ1) is 15.3. The molecular weight excluding hydrogens is 450 g/mol. The fourth-order valence-corrected chi connectivity index (χ4v) is 5.05. The van der Waals surface area contributed by atoms with Gasteiger partial charge in [0.25, 0.3) is 0 Å². The van der Waals surface area contributed by atoms with Crippen molar-refractivity contribution < 1.29 is 35.9 Å². The van der Waals surface area contributed by atoms with Gasteiger partial charge < -0.3 is 11.1 Å². The van der Waals surface area contributed by atoms with E-state index < -0.39 is 35.1 Å². The molecule has 1 aromatic rings. The number of benzene rings is 1. The third kappa shape index (κ3) is 6.94. The SMILES string of the molecule is NC1CCCCC1C(=O)CC1CCC(CC(=O)Nc2cc(C(F)(F)F)cc(C(F)(F)F)c2)C1. The molecule has 1 aromatic carbocycles. The molecule has 0 bridgehead atoms. The molecule has 2 fully saturated rings. The number of hydrogen-bond acceptors (Lipinski definition) is 3. The number of ketones is 1. The van der Waals surface area contributed by atoms with Crippen molar-refractivity contribution in [3.8, 4) is 0 Å². The third-order valence-corrected chi connectivity index (χ3v) is 6.72. The van der Waals surface area contributed by atoms with Crippen molar-refractivity contribution in [1.82, 2.24) is 0 Å². The Hall–Kier alpha value is -2.10. The molecule has 0 heterocycles. The summed E-state index contributed by atoms with van der Waals surface area (Å²) in [5.74, 6) is -0.565. The van der Waals surface area contributed by atoms with Crippen LogP contribution in [0.4, 0.5) is 32.0 Å². The summed E-state index contributed by atoms with van der Waals surface area (Å²) in [7, 11) is 0. The minimum atomic E-state index is -4.98. The molecule has 33 heavy (non-hydrogen) atoms. The Morgan fingerprint density at radius 2 is 1.39 bits per heavy atom. The van der Waals surface area contributed by atoms with E-state index in [1.807, 2.05) is 0 Å². The van der Waals surface area contributed by atoms with Gasteiger partial charge in [0.2, 0.25) is 5.91 Å². The number of rotatable bonds is 6. The molecule has 1 amide bonds. The number of alkyl halides is 6. The lowest BCUT2D eigenvalue weighted by molar-refractivity contribution is -0.143. The van der Waals surface area contributed by atoms with E-state index in [-0.39, 0.29) is 42.1 Å². The Bertz CT molecular complexity index is 835. The molecular formula is C23H28F6N2O2. The first-order valence-electron chi connectivity index (χ1n) is 11.2. The standard InChI is InChI=1S/C23H28F6N2O2/c24-22(25,26)15-10-16(23(27,28)29)12-17(11-15)31-21(33)9-14-6-5-13(7-14)8-20(32)18-3-1-2-4-19(18)30/h10-14,18-19H,1-9,30H2,(H,31,33). The van der Waals surface area contributed by atoms with Crippen LogP contribution in [0.1, 0.15) is 68.9 Å². The Morgan fingerprint density at radius 1 is 0.848 bits per heavy atom. The normalized spacial score (nSPS) is 26.3. The molecule has 184 valence electrons. The Labute approximate surface area is 188 Å². The molecule has 4 unspecified atom stereocenters. The number of Topliss-reactive ketones (excluding diaryl/α,β-unsaturated/α-hetero) is 1.